The zero-order valence-electron chi connectivity index (χ0n) is 15.9. The number of hydrogen-bond donors (Lipinski definition) is 1. The molecule has 1 aromatic carbocycles. The van der Waals surface area contributed by atoms with Gasteiger partial charge in [-0.2, -0.15) is 4.31 Å². The lowest BCUT2D eigenvalue weighted by Crippen LogP contribution is -2.41. The van der Waals surface area contributed by atoms with E-state index in [0.29, 0.717) is 50.6 Å². The minimum atomic E-state index is -3.78. The van der Waals surface area contributed by atoms with Crippen molar-refractivity contribution in [1.82, 2.24) is 4.31 Å². The Labute approximate surface area is 164 Å². The standard InChI is InChI=1S/C18H26N4O5S/c1-13-6-9-21(10-7-13)28(26,27)15-4-5-16(17(11-15)22(24)25)20-8-2-3-14(12-20)18(19)23/h4-5,11,13-14H,2-3,6-10,12H2,1H3,(H2,19,23)/t14-/m1/s1. The van der Waals surface area contributed by atoms with Gasteiger partial charge < -0.3 is 10.6 Å². The number of nitrogens with zero attached hydrogens (tertiary/aromatic N) is 3. The van der Waals surface area contributed by atoms with E-state index in [4.69, 9.17) is 5.73 Å². The van der Waals surface area contributed by atoms with Gasteiger partial charge in [-0.3, -0.25) is 14.9 Å². The summed E-state index contributed by atoms with van der Waals surface area (Å²) in [6.07, 6.45) is 2.90. The molecular formula is C18H26N4O5S. The Morgan fingerprint density at radius 2 is 1.89 bits per heavy atom. The maximum Gasteiger partial charge on any atom is 0.293 e. The first-order valence-electron chi connectivity index (χ1n) is 9.53. The summed E-state index contributed by atoms with van der Waals surface area (Å²) in [5.41, 5.74) is 5.45. The molecule has 2 heterocycles. The number of primary amides is 1. The maximum atomic E-state index is 12.9. The molecule has 0 aromatic heterocycles. The molecule has 9 nitrogen and oxygen atoms in total. The molecule has 1 amide bonds. The highest BCUT2D eigenvalue weighted by atomic mass is 32.2. The van der Waals surface area contributed by atoms with E-state index in [1.165, 1.54) is 16.4 Å². The topological polar surface area (TPSA) is 127 Å². The zero-order valence-corrected chi connectivity index (χ0v) is 16.7. The summed E-state index contributed by atoms with van der Waals surface area (Å²) in [5, 5.41) is 11.7. The number of carbonyl (C=O) groups excluding carboxylic acids is 1. The molecule has 0 spiro atoms. The Morgan fingerprint density at radius 3 is 2.50 bits per heavy atom. The summed E-state index contributed by atoms with van der Waals surface area (Å²) >= 11 is 0. The van der Waals surface area contributed by atoms with Gasteiger partial charge in [0.15, 0.2) is 0 Å². The third kappa shape index (κ3) is 4.12. The lowest BCUT2D eigenvalue weighted by atomic mass is 9.97. The molecule has 0 saturated carbocycles. The first kappa shape index (κ1) is 20.5. The number of piperidine rings is 2. The van der Waals surface area contributed by atoms with Crippen molar-refractivity contribution in [3.8, 4) is 0 Å². The van der Waals surface area contributed by atoms with Gasteiger partial charge >= 0.3 is 0 Å². The van der Waals surface area contributed by atoms with Gasteiger partial charge in [0, 0.05) is 32.2 Å². The molecule has 2 saturated heterocycles. The van der Waals surface area contributed by atoms with E-state index in [1.807, 2.05) is 0 Å². The number of rotatable bonds is 5. The predicted octanol–water partition coefficient (Wildman–Crippen LogP) is 1.72. The molecule has 3 rings (SSSR count). The monoisotopic (exact) mass is 410 g/mol. The number of amides is 1. The highest BCUT2D eigenvalue weighted by Crippen LogP contribution is 2.35. The lowest BCUT2D eigenvalue weighted by Gasteiger charge is -2.33. The van der Waals surface area contributed by atoms with Crippen molar-refractivity contribution < 1.29 is 18.1 Å². The first-order chi connectivity index (χ1) is 13.2. The highest BCUT2D eigenvalue weighted by molar-refractivity contribution is 7.89. The van der Waals surface area contributed by atoms with Crippen LogP contribution < -0.4 is 10.6 Å². The second-order valence-corrected chi connectivity index (χ2v) is 9.62. The van der Waals surface area contributed by atoms with E-state index in [1.54, 1.807) is 4.90 Å². The average Bonchev–Trinajstić information content (AvgIpc) is 2.68. The van der Waals surface area contributed by atoms with E-state index in [2.05, 4.69) is 6.92 Å². The van der Waals surface area contributed by atoms with Crippen molar-refractivity contribution in [3.05, 3.63) is 28.3 Å². The number of benzene rings is 1. The van der Waals surface area contributed by atoms with Gasteiger partial charge in [-0.05, 0) is 43.7 Å². The van der Waals surface area contributed by atoms with Crippen LogP contribution in [0.15, 0.2) is 23.1 Å². The fourth-order valence-corrected chi connectivity index (χ4v) is 5.37. The maximum absolute atomic E-state index is 12.9. The molecule has 2 aliphatic rings. The van der Waals surface area contributed by atoms with Crippen LogP contribution in [0, 0.1) is 22.0 Å². The fourth-order valence-electron chi connectivity index (χ4n) is 3.88. The van der Waals surface area contributed by atoms with Crippen LogP contribution in [0.2, 0.25) is 0 Å². The number of nitro groups is 1. The molecule has 2 N–H and O–H groups in total. The van der Waals surface area contributed by atoms with Crippen molar-refractivity contribution in [2.45, 2.75) is 37.5 Å². The third-order valence-electron chi connectivity index (χ3n) is 5.69. The summed E-state index contributed by atoms with van der Waals surface area (Å²) < 4.78 is 27.3. The molecule has 0 unspecified atom stereocenters. The molecule has 2 aliphatic heterocycles. The number of anilines is 1. The van der Waals surface area contributed by atoms with Crippen molar-refractivity contribution in [3.63, 3.8) is 0 Å². The van der Waals surface area contributed by atoms with Gasteiger partial charge in [0.2, 0.25) is 15.9 Å². The van der Waals surface area contributed by atoms with E-state index in [9.17, 15) is 23.3 Å². The van der Waals surface area contributed by atoms with Gasteiger partial charge in [-0.15, -0.1) is 0 Å². The van der Waals surface area contributed by atoms with Crippen LogP contribution in [0.1, 0.15) is 32.6 Å². The molecule has 0 bridgehead atoms. The fraction of sp³-hybridized carbons (Fsp3) is 0.611. The van der Waals surface area contributed by atoms with Gasteiger partial charge in [0.05, 0.1) is 15.7 Å². The average molecular weight is 410 g/mol. The van der Waals surface area contributed by atoms with E-state index >= 15 is 0 Å². The van der Waals surface area contributed by atoms with Crippen LogP contribution >= 0.6 is 0 Å². The Bertz CT molecular complexity index is 865. The van der Waals surface area contributed by atoms with Gasteiger partial charge in [0.25, 0.3) is 5.69 Å². The molecule has 28 heavy (non-hydrogen) atoms. The van der Waals surface area contributed by atoms with Gasteiger partial charge in [0.1, 0.15) is 5.69 Å². The Hall–Kier alpha value is -2.20. The van der Waals surface area contributed by atoms with Crippen LogP contribution in [-0.4, -0.2) is 49.7 Å². The van der Waals surface area contributed by atoms with Crippen molar-refractivity contribution in [2.24, 2.45) is 17.6 Å². The Morgan fingerprint density at radius 1 is 1.21 bits per heavy atom. The highest BCUT2D eigenvalue weighted by Gasteiger charge is 2.32. The smallest absolute Gasteiger partial charge is 0.293 e. The van der Waals surface area contributed by atoms with Crippen LogP contribution in [0.25, 0.3) is 0 Å². The van der Waals surface area contributed by atoms with E-state index < -0.39 is 20.9 Å². The minimum absolute atomic E-state index is 0.0686. The molecule has 0 radical (unpaired) electrons. The number of carbonyl (C=O) groups is 1. The molecule has 10 heteroatoms. The molecule has 154 valence electrons. The van der Waals surface area contributed by atoms with Crippen molar-refractivity contribution in [1.29, 1.82) is 0 Å². The second-order valence-electron chi connectivity index (χ2n) is 7.68. The Kier molecular flexibility index (Phi) is 5.90. The van der Waals surface area contributed by atoms with Crippen molar-refractivity contribution in [2.75, 3.05) is 31.1 Å². The first-order valence-corrected chi connectivity index (χ1v) is 11.0. The molecule has 1 aromatic rings. The number of hydrogen-bond acceptors (Lipinski definition) is 6. The third-order valence-corrected chi connectivity index (χ3v) is 7.58. The normalized spacial score (nSPS) is 22.2. The lowest BCUT2D eigenvalue weighted by molar-refractivity contribution is -0.384. The van der Waals surface area contributed by atoms with Crippen LogP contribution in [0.4, 0.5) is 11.4 Å². The Balaban J connectivity index is 1.91. The molecule has 1 atom stereocenters. The predicted molar refractivity (Wildman–Crippen MR) is 104 cm³/mol. The summed E-state index contributed by atoms with van der Waals surface area (Å²) in [4.78, 5) is 24.3. The van der Waals surface area contributed by atoms with Crippen molar-refractivity contribution >= 4 is 27.3 Å². The number of nitrogens with two attached hydrogens (primary N) is 1. The van der Waals surface area contributed by atoms with Gasteiger partial charge in [-0.25, -0.2) is 8.42 Å². The minimum Gasteiger partial charge on any atom is -0.369 e. The van der Waals surface area contributed by atoms with E-state index in [-0.39, 0.29) is 16.5 Å². The van der Waals surface area contributed by atoms with Crippen LogP contribution in [0.5, 0.6) is 0 Å². The summed E-state index contributed by atoms with van der Waals surface area (Å²) in [6, 6.07) is 4.03. The summed E-state index contributed by atoms with van der Waals surface area (Å²) in [5.74, 6) is -0.321. The molecule has 2 fully saturated rings. The zero-order chi connectivity index (χ0) is 20.5. The van der Waals surface area contributed by atoms with Crippen LogP contribution in [0.3, 0.4) is 0 Å². The molecular weight excluding hydrogens is 384 g/mol. The summed E-state index contributed by atoms with van der Waals surface area (Å²) in [6.45, 7) is 3.78. The molecule has 0 aliphatic carbocycles. The second kappa shape index (κ2) is 8.04. The largest absolute Gasteiger partial charge is 0.369 e. The quantitative estimate of drug-likeness (QED) is 0.582. The SMILES string of the molecule is CC1CCN(S(=O)(=O)c2ccc(N3CCC[C@@H](C(N)=O)C3)c([N+](=O)[O-])c2)CC1. The number of nitro benzene ring substituents is 1. The summed E-state index contributed by atoms with van der Waals surface area (Å²) in [7, 11) is -3.78. The number of sulfonamides is 1. The van der Waals surface area contributed by atoms with Crippen LogP contribution in [-0.2, 0) is 14.8 Å². The van der Waals surface area contributed by atoms with Gasteiger partial charge in [-0.1, -0.05) is 6.92 Å². The van der Waals surface area contributed by atoms with E-state index in [0.717, 1.165) is 18.9 Å².